The van der Waals surface area contributed by atoms with Crippen molar-refractivity contribution in [3.05, 3.63) is 40.7 Å². The Morgan fingerprint density at radius 2 is 2.11 bits per heavy atom. The molecule has 9 nitrogen and oxygen atoms in total. The summed E-state index contributed by atoms with van der Waals surface area (Å²) in [7, 11) is 0. The van der Waals surface area contributed by atoms with Crippen LogP contribution in [0, 0.1) is 0 Å². The standard InChI is InChI=1S/C17H18N6O3S/c24-13-9-14(22-6-4-18-5-7-22)23-17(20-13)27-16(21-23)11-2-1-3-12(8-11)19-10-15(25)26/h1-3,8-9,18-19H,4-7,10H2,(H,25,26). The Morgan fingerprint density at radius 1 is 1.30 bits per heavy atom. The first-order valence-corrected chi connectivity index (χ1v) is 9.34. The fraction of sp³-hybridized carbons (Fsp3) is 0.294. The first-order valence-electron chi connectivity index (χ1n) is 8.53. The minimum atomic E-state index is -0.927. The summed E-state index contributed by atoms with van der Waals surface area (Å²) in [5.74, 6) is -0.182. The van der Waals surface area contributed by atoms with Gasteiger partial charge >= 0.3 is 5.97 Å². The number of carbonyl (C=O) groups is 1. The van der Waals surface area contributed by atoms with Crippen LogP contribution < -0.4 is 21.1 Å². The number of aliphatic carboxylic acids is 1. The first-order chi connectivity index (χ1) is 13.1. The monoisotopic (exact) mass is 386 g/mol. The Kier molecular flexibility index (Phi) is 4.73. The van der Waals surface area contributed by atoms with E-state index in [1.54, 1.807) is 10.6 Å². The van der Waals surface area contributed by atoms with Crippen LogP contribution >= 0.6 is 11.3 Å². The third kappa shape index (κ3) is 3.76. The van der Waals surface area contributed by atoms with Gasteiger partial charge in [-0.15, -0.1) is 0 Å². The van der Waals surface area contributed by atoms with E-state index in [1.165, 1.54) is 17.4 Å². The molecule has 0 spiro atoms. The molecule has 27 heavy (non-hydrogen) atoms. The molecule has 0 saturated carbocycles. The number of aromatic nitrogens is 3. The molecule has 1 aromatic carbocycles. The predicted molar refractivity (Wildman–Crippen MR) is 104 cm³/mol. The van der Waals surface area contributed by atoms with E-state index < -0.39 is 5.97 Å². The number of anilines is 2. The van der Waals surface area contributed by atoms with Crippen molar-refractivity contribution in [3.63, 3.8) is 0 Å². The second kappa shape index (κ2) is 7.33. The Balaban J connectivity index is 1.72. The van der Waals surface area contributed by atoms with Gasteiger partial charge in [0.15, 0.2) is 0 Å². The normalized spacial score (nSPS) is 14.4. The third-order valence-electron chi connectivity index (χ3n) is 4.23. The smallest absolute Gasteiger partial charge is 0.322 e. The van der Waals surface area contributed by atoms with E-state index in [2.05, 4.69) is 25.6 Å². The van der Waals surface area contributed by atoms with Crippen molar-refractivity contribution in [1.82, 2.24) is 19.9 Å². The molecular weight excluding hydrogens is 368 g/mol. The first kappa shape index (κ1) is 17.4. The summed E-state index contributed by atoms with van der Waals surface area (Å²) >= 11 is 1.33. The van der Waals surface area contributed by atoms with Gasteiger partial charge in [0.25, 0.3) is 5.56 Å². The maximum Gasteiger partial charge on any atom is 0.322 e. The lowest BCUT2D eigenvalue weighted by molar-refractivity contribution is -0.134. The van der Waals surface area contributed by atoms with Gasteiger partial charge in [-0.05, 0) is 12.1 Å². The molecule has 140 valence electrons. The second-order valence-corrected chi connectivity index (χ2v) is 7.08. The quantitative estimate of drug-likeness (QED) is 0.588. The molecule has 2 aromatic heterocycles. The highest BCUT2D eigenvalue weighted by Gasteiger charge is 2.18. The minimum absolute atomic E-state index is 0.160. The van der Waals surface area contributed by atoms with Gasteiger partial charge in [0.2, 0.25) is 4.96 Å². The predicted octanol–water partition coefficient (Wildman–Crippen LogP) is 0.724. The molecule has 0 amide bonds. The molecule has 1 saturated heterocycles. The summed E-state index contributed by atoms with van der Waals surface area (Å²) in [6.45, 7) is 3.14. The summed E-state index contributed by atoms with van der Waals surface area (Å²) in [5.41, 5.74) is 1.24. The third-order valence-corrected chi connectivity index (χ3v) is 5.19. The molecule has 0 aliphatic carbocycles. The van der Waals surface area contributed by atoms with E-state index >= 15 is 0 Å². The van der Waals surface area contributed by atoms with E-state index in [-0.39, 0.29) is 12.1 Å². The van der Waals surface area contributed by atoms with Gasteiger partial charge in [-0.3, -0.25) is 9.59 Å². The molecule has 1 fully saturated rings. The van der Waals surface area contributed by atoms with E-state index in [1.807, 2.05) is 18.2 Å². The molecular formula is C17H18N6O3S. The van der Waals surface area contributed by atoms with Crippen LogP contribution in [-0.2, 0) is 4.79 Å². The van der Waals surface area contributed by atoms with Gasteiger partial charge in [-0.25, -0.2) is 0 Å². The van der Waals surface area contributed by atoms with E-state index in [0.717, 1.165) is 37.6 Å². The molecule has 1 aliphatic rings. The van der Waals surface area contributed by atoms with Crippen LogP contribution in [0.3, 0.4) is 0 Å². The van der Waals surface area contributed by atoms with Crippen LogP contribution in [0.4, 0.5) is 11.5 Å². The Bertz CT molecular complexity index is 1040. The van der Waals surface area contributed by atoms with Crippen molar-refractivity contribution in [2.45, 2.75) is 0 Å². The fourth-order valence-electron chi connectivity index (χ4n) is 2.98. The number of nitrogens with zero attached hydrogens (tertiary/aromatic N) is 4. The molecule has 0 unspecified atom stereocenters. The van der Waals surface area contributed by atoms with Gasteiger partial charge < -0.3 is 20.6 Å². The zero-order chi connectivity index (χ0) is 18.8. The van der Waals surface area contributed by atoms with Gasteiger partial charge in [0, 0.05) is 43.5 Å². The topological polar surface area (TPSA) is 112 Å². The average Bonchev–Trinajstić information content (AvgIpc) is 3.10. The number of piperazine rings is 1. The van der Waals surface area contributed by atoms with Crippen LogP contribution in [0.15, 0.2) is 35.1 Å². The molecule has 4 rings (SSSR count). The van der Waals surface area contributed by atoms with Crippen molar-refractivity contribution in [1.29, 1.82) is 0 Å². The van der Waals surface area contributed by atoms with Gasteiger partial charge in [-0.1, -0.05) is 23.5 Å². The summed E-state index contributed by atoms with van der Waals surface area (Å²) < 4.78 is 1.71. The lowest BCUT2D eigenvalue weighted by atomic mass is 10.2. The minimum Gasteiger partial charge on any atom is -0.480 e. The summed E-state index contributed by atoms with van der Waals surface area (Å²) in [5, 5.41) is 20.3. The number of rotatable bonds is 5. The molecule has 10 heteroatoms. The van der Waals surface area contributed by atoms with Gasteiger partial charge in [0.1, 0.15) is 17.4 Å². The highest BCUT2D eigenvalue weighted by atomic mass is 32.1. The van der Waals surface area contributed by atoms with E-state index in [9.17, 15) is 9.59 Å². The lowest BCUT2D eigenvalue weighted by Gasteiger charge is -2.28. The van der Waals surface area contributed by atoms with Crippen LogP contribution in [0.25, 0.3) is 15.5 Å². The van der Waals surface area contributed by atoms with Gasteiger partial charge in [0.05, 0.1) is 0 Å². The van der Waals surface area contributed by atoms with Gasteiger partial charge in [-0.2, -0.15) is 14.6 Å². The number of benzene rings is 1. The molecule has 1 aliphatic heterocycles. The molecule has 3 aromatic rings. The molecule has 3 N–H and O–H groups in total. The number of nitrogens with one attached hydrogen (secondary N) is 2. The lowest BCUT2D eigenvalue weighted by Crippen LogP contribution is -2.44. The Hall–Kier alpha value is -2.98. The Morgan fingerprint density at radius 3 is 2.89 bits per heavy atom. The van der Waals surface area contributed by atoms with Crippen molar-refractivity contribution in [2.24, 2.45) is 0 Å². The number of hydrogen-bond donors (Lipinski definition) is 3. The van der Waals surface area contributed by atoms with Crippen LogP contribution in [0.5, 0.6) is 0 Å². The number of fused-ring (bicyclic) bond motifs is 1. The summed E-state index contributed by atoms with van der Waals surface area (Å²) in [4.78, 5) is 29.5. The Labute approximate surface area is 158 Å². The van der Waals surface area contributed by atoms with E-state index in [4.69, 9.17) is 5.11 Å². The van der Waals surface area contributed by atoms with E-state index in [0.29, 0.717) is 15.7 Å². The average molecular weight is 386 g/mol. The molecule has 0 atom stereocenters. The molecule has 0 bridgehead atoms. The zero-order valence-corrected chi connectivity index (χ0v) is 15.2. The number of hydrogen-bond acceptors (Lipinski definition) is 8. The van der Waals surface area contributed by atoms with Crippen LogP contribution in [0.1, 0.15) is 0 Å². The highest BCUT2D eigenvalue weighted by molar-refractivity contribution is 7.19. The summed E-state index contributed by atoms with van der Waals surface area (Å²) in [6, 6.07) is 8.89. The SMILES string of the molecule is O=C(O)CNc1cccc(-c2nn3c(N4CCNCC4)cc(=O)nc3s2)c1. The van der Waals surface area contributed by atoms with Crippen molar-refractivity contribution >= 4 is 33.8 Å². The molecule has 0 radical (unpaired) electrons. The van der Waals surface area contributed by atoms with Crippen molar-refractivity contribution < 1.29 is 9.90 Å². The highest BCUT2D eigenvalue weighted by Crippen LogP contribution is 2.28. The maximum absolute atomic E-state index is 12.0. The summed E-state index contributed by atoms with van der Waals surface area (Å²) in [6.07, 6.45) is 0. The largest absolute Gasteiger partial charge is 0.480 e. The molecule has 3 heterocycles. The van der Waals surface area contributed by atoms with Crippen molar-refractivity contribution in [3.8, 4) is 10.6 Å². The van der Waals surface area contributed by atoms with Crippen LogP contribution in [0.2, 0.25) is 0 Å². The maximum atomic E-state index is 12.0. The number of carboxylic acid groups (broad SMARTS) is 1. The zero-order valence-electron chi connectivity index (χ0n) is 14.4. The fourth-order valence-corrected chi connectivity index (χ4v) is 3.87. The second-order valence-electron chi connectivity index (χ2n) is 6.12. The van der Waals surface area contributed by atoms with Crippen molar-refractivity contribution in [2.75, 3.05) is 42.9 Å². The van der Waals surface area contributed by atoms with Crippen LogP contribution in [-0.4, -0.2) is 58.4 Å². The number of carboxylic acids is 1.